The molecule has 0 aromatic heterocycles. The second kappa shape index (κ2) is 7.71. The van der Waals surface area contributed by atoms with Crippen molar-refractivity contribution < 1.29 is 22.8 Å². The average molecular weight is 412 g/mol. The predicted octanol–water partition coefficient (Wildman–Crippen LogP) is 4.53. The summed E-state index contributed by atoms with van der Waals surface area (Å²) >= 11 is 5.61. The number of amides is 2. The van der Waals surface area contributed by atoms with E-state index in [4.69, 9.17) is 11.6 Å². The third-order valence-corrected chi connectivity index (χ3v) is 4.67. The van der Waals surface area contributed by atoms with Crippen LogP contribution in [0.15, 0.2) is 42.5 Å². The van der Waals surface area contributed by atoms with Crippen LogP contribution < -0.4 is 15.5 Å². The molecule has 1 atom stereocenters. The highest BCUT2D eigenvalue weighted by atomic mass is 35.5. The molecule has 2 N–H and O–H groups in total. The Morgan fingerprint density at radius 2 is 2.00 bits per heavy atom. The summed E-state index contributed by atoms with van der Waals surface area (Å²) in [6.07, 6.45) is -4.48. The first kappa shape index (κ1) is 20.0. The molecule has 0 spiro atoms. The average Bonchev–Trinajstić information content (AvgIpc) is 2.74. The normalized spacial score (nSPS) is 16.8. The van der Waals surface area contributed by atoms with Crippen molar-refractivity contribution >= 4 is 40.5 Å². The number of fused-ring (bicyclic) bond motifs is 1. The second-order valence-electron chi connectivity index (χ2n) is 6.43. The summed E-state index contributed by atoms with van der Waals surface area (Å²) in [5.41, 5.74) is 0.195. The molecule has 0 fully saturated rings. The Balaban J connectivity index is 1.81. The Labute approximate surface area is 164 Å². The molecule has 1 aliphatic heterocycles. The van der Waals surface area contributed by atoms with Crippen LogP contribution in [-0.4, -0.2) is 24.4 Å². The van der Waals surface area contributed by atoms with Crippen LogP contribution in [0.3, 0.4) is 0 Å². The number of halogens is 4. The van der Waals surface area contributed by atoms with E-state index in [2.05, 4.69) is 10.6 Å². The lowest BCUT2D eigenvalue weighted by atomic mass is 10.1. The molecule has 1 heterocycles. The number of benzene rings is 2. The van der Waals surface area contributed by atoms with E-state index >= 15 is 0 Å². The Hall–Kier alpha value is -2.74. The van der Waals surface area contributed by atoms with Gasteiger partial charge in [-0.15, -0.1) is 0 Å². The fourth-order valence-electron chi connectivity index (χ4n) is 3.08. The van der Waals surface area contributed by atoms with Gasteiger partial charge < -0.3 is 15.5 Å². The summed E-state index contributed by atoms with van der Waals surface area (Å²) in [5.74, 6) is -0.587. The molecule has 2 amide bonds. The van der Waals surface area contributed by atoms with E-state index in [9.17, 15) is 22.8 Å². The highest BCUT2D eigenvalue weighted by molar-refractivity contribution is 6.31. The van der Waals surface area contributed by atoms with Crippen LogP contribution in [0.2, 0.25) is 5.02 Å². The van der Waals surface area contributed by atoms with Crippen LogP contribution in [0.1, 0.15) is 18.9 Å². The minimum absolute atomic E-state index is 0.111. The number of hydrogen-bond acceptors (Lipinski definition) is 3. The number of anilines is 3. The topological polar surface area (TPSA) is 61.4 Å². The Kier molecular flexibility index (Phi) is 5.51. The molecule has 148 valence electrons. The Morgan fingerprint density at radius 3 is 2.71 bits per heavy atom. The van der Waals surface area contributed by atoms with Crippen molar-refractivity contribution in [1.29, 1.82) is 0 Å². The Morgan fingerprint density at radius 1 is 1.29 bits per heavy atom. The van der Waals surface area contributed by atoms with E-state index in [0.717, 1.165) is 12.1 Å². The summed E-state index contributed by atoms with van der Waals surface area (Å²) in [4.78, 5) is 26.3. The molecule has 5 nitrogen and oxygen atoms in total. The summed E-state index contributed by atoms with van der Waals surface area (Å²) < 4.78 is 39.0. The van der Waals surface area contributed by atoms with Crippen molar-refractivity contribution in [3.8, 4) is 0 Å². The van der Waals surface area contributed by atoms with Gasteiger partial charge in [-0.25, -0.2) is 0 Å². The number of carbonyl (C=O) groups is 2. The molecule has 0 saturated carbocycles. The summed E-state index contributed by atoms with van der Waals surface area (Å²) in [6.45, 7) is 1.50. The zero-order valence-corrected chi connectivity index (χ0v) is 15.6. The van der Waals surface area contributed by atoms with Crippen LogP contribution in [0.5, 0.6) is 0 Å². The molecule has 0 saturated heterocycles. The van der Waals surface area contributed by atoms with E-state index < -0.39 is 22.8 Å². The maximum Gasteiger partial charge on any atom is 0.417 e. The molecule has 2 aromatic carbocycles. The highest BCUT2D eigenvalue weighted by Gasteiger charge is 2.33. The molecular formula is C19H17ClF3N3O2. The quantitative estimate of drug-likeness (QED) is 0.779. The van der Waals surface area contributed by atoms with Crippen LogP contribution >= 0.6 is 11.6 Å². The van der Waals surface area contributed by atoms with Crippen molar-refractivity contribution in [2.24, 2.45) is 0 Å². The van der Waals surface area contributed by atoms with E-state index in [1.54, 1.807) is 31.2 Å². The van der Waals surface area contributed by atoms with Gasteiger partial charge in [-0.2, -0.15) is 13.2 Å². The van der Waals surface area contributed by atoms with Gasteiger partial charge in [0.05, 0.1) is 28.5 Å². The molecule has 1 aliphatic rings. The van der Waals surface area contributed by atoms with Crippen LogP contribution in [-0.2, 0) is 15.8 Å². The molecule has 2 aromatic rings. The lowest BCUT2D eigenvalue weighted by molar-refractivity contribution is -0.137. The number of carbonyl (C=O) groups excluding carboxylic acids is 2. The lowest BCUT2D eigenvalue weighted by Gasteiger charge is -2.28. The van der Waals surface area contributed by atoms with Gasteiger partial charge in [-0.05, 0) is 37.3 Å². The van der Waals surface area contributed by atoms with Gasteiger partial charge in [0, 0.05) is 18.2 Å². The van der Waals surface area contributed by atoms with Gasteiger partial charge in [0.15, 0.2) is 0 Å². The summed E-state index contributed by atoms with van der Waals surface area (Å²) in [6, 6.07) is 9.83. The molecule has 1 unspecified atom stereocenters. The van der Waals surface area contributed by atoms with Gasteiger partial charge in [0.2, 0.25) is 11.8 Å². The minimum atomic E-state index is -4.59. The molecule has 0 aliphatic carbocycles. The van der Waals surface area contributed by atoms with Crippen molar-refractivity contribution in [1.82, 2.24) is 0 Å². The third-order valence-electron chi connectivity index (χ3n) is 4.34. The largest absolute Gasteiger partial charge is 0.417 e. The van der Waals surface area contributed by atoms with Crippen LogP contribution in [0, 0.1) is 0 Å². The SMILES string of the molecule is CC1CC(=O)Nc2ccccc2N1C(=O)CNc1ccc(Cl)c(C(F)(F)F)c1. The van der Waals surface area contributed by atoms with Crippen LogP contribution in [0.25, 0.3) is 0 Å². The van der Waals surface area contributed by atoms with Crippen molar-refractivity contribution in [2.45, 2.75) is 25.6 Å². The first-order valence-electron chi connectivity index (χ1n) is 8.48. The van der Waals surface area contributed by atoms with Gasteiger partial charge in [0.25, 0.3) is 0 Å². The summed E-state index contributed by atoms with van der Waals surface area (Å²) in [7, 11) is 0. The molecule has 28 heavy (non-hydrogen) atoms. The number of rotatable bonds is 3. The predicted molar refractivity (Wildman–Crippen MR) is 102 cm³/mol. The van der Waals surface area contributed by atoms with Gasteiger partial charge in [0.1, 0.15) is 0 Å². The smallest absolute Gasteiger partial charge is 0.376 e. The third kappa shape index (κ3) is 4.22. The number of para-hydroxylation sites is 2. The lowest BCUT2D eigenvalue weighted by Crippen LogP contribution is -2.42. The second-order valence-corrected chi connectivity index (χ2v) is 6.84. The number of hydrogen-bond donors (Lipinski definition) is 2. The molecule has 3 rings (SSSR count). The van der Waals surface area contributed by atoms with Crippen molar-refractivity contribution in [3.05, 3.63) is 53.1 Å². The monoisotopic (exact) mass is 411 g/mol. The van der Waals surface area contributed by atoms with E-state index in [1.165, 1.54) is 11.0 Å². The van der Waals surface area contributed by atoms with E-state index in [0.29, 0.717) is 11.4 Å². The zero-order valence-electron chi connectivity index (χ0n) is 14.8. The summed E-state index contributed by atoms with van der Waals surface area (Å²) in [5, 5.41) is 5.05. The fourth-order valence-corrected chi connectivity index (χ4v) is 3.31. The van der Waals surface area contributed by atoms with Crippen molar-refractivity contribution in [3.63, 3.8) is 0 Å². The molecular weight excluding hydrogens is 395 g/mol. The number of alkyl halides is 3. The maximum absolute atomic E-state index is 13.0. The van der Waals surface area contributed by atoms with Gasteiger partial charge in [-0.3, -0.25) is 9.59 Å². The van der Waals surface area contributed by atoms with E-state index in [-0.39, 0.29) is 30.5 Å². The fraction of sp³-hybridized carbons (Fsp3) is 0.263. The first-order valence-corrected chi connectivity index (χ1v) is 8.86. The van der Waals surface area contributed by atoms with Gasteiger partial charge in [-0.1, -0.05) is 23.7 Å². The van der Waals surface area contributed by atoms with Crippen molar-refractivity contribution in [2.75, 3.05) is 22.1 Å². The molecule has 0 bridgehead atoms. The number of nitrogens with zero attached hydrogens (tertiary/aromatic N) is 1. The van der Waals surface area contributed by atoms with E-state index in [1.807, 2.05) is 0 Å². The Bertz CT molecular complexity index is 918. The minimum Gasteiger partial charge on any atom is -0.376 e. The standard InChI is InChI=1S/C19H17ClF3N3O2/c1-11-8-17(27)25-15-4-2-3-5-16(15)26(11)18(28)10-24-12-6-7-14(20)13(9-12)19(21,22)23/h2-7,9,11,24H,8,10H2,1H3,(H,25,27). The van der Waals surface area contributed by atoms with Crippen LogP contribution in [0.4, 0.5) is 30.2 Å². The zero-order chi connectivity index (χ0) is 20.5. The number of nitrogens with one attached hydrogen (secondary N) is 2. The van der Waals surface area contributed by atoms with Gasteiger partial charge >= 0.3 is 6.18 Å². The first-order chi connectivity index (χ1) is 13.2. The highest BCUT2D eigenvalue weighted by Crippen LogP contribution is 2.36. The molecule has 0 radical (unpaired) electrons. The maximum atomic E-state index is 13.0. The molecule has 9 heteroatoms.